The average Bonchev–Trinajstić information content (AvgIpc) is 2.71. The summed E-state index contributed by atoms with van der Waals surface area (Å²) in [6.07, 6.45) is 3.33. The maximum atomic E-state index is 12.9. The monoisotopic (exact) mass is 432 g/mol. The summed E-state index contributed by atoms with van der Waals surface area (Å²) in [6, 6.07) is 5.86. The molecule has 0 spiro atoms. The van der Waals surface area contributed by atoms with E-state index in [1.807, 2.05) is 6.26 Å². The Bertz CT molecular complexity index is 922. The number of nitro benzene ring substituents is 1. The van der Waals surface area contributed by atoms with Crippen molar-refractivity contribution in [1.29, 1.82) is 0 Å². The highest BCUT2D eigenvalue weighted by Crippen LogP contribution is 2.40. The van der Waals surface area contributed by atoms with E-state index in [9.17, 15) is 19.7 Å². The molecule has 1 aliphatic heterocycles. The zero-order valence-electron chi connectivity index (χ0n) is 17.1. The second-order valence-corrected chi connectivity index (χ2v) is 7.49. The number of nitrogens with one attached hydrogen (secondary N) is 1. The second-order valence-electron chi connectivity index (χ2n) is 6.50. The van der Waals surface area contributed by atoms with Crippen LogP contribution >= 0.6 is 11.8 Å². The standard InChI is InChI=1S/C21H24N2O6S/c1-5-9-28-20(24)17-13(2)22-14(3)18(21(25)29-10-11-30-4)19(17)15-7-6-8-16(12-15)23(26)27/h5-8,12,19,22H,1,9-11H2,2-4H3/t19-/m0/s1. The number of hydrogen-bond donors (Lipinski definition) is 1. The molecule has 0 saturated carbocycles. The summed E-state index contributed by atoms with van der Waals surface area (Å²) in [5.41, 5.74) is 1.70. The predicted molar refractivity (Wildman–Crippen MR) is 115 cm³/mol. The molecule has 2 rings (SSSR count). The Morgan fingerprint density at radius 2 is 1.87 bits per heavy atom. The van der Waals surface area contributed by atoms with Gasteiger partial charge in [-0.05, 0) is 25.7 Å². The molecule has 1 aromatic rings. The Hall–Kier alpha value is -3.07. The van der Waals surface area contributed by atoms with E-state index in [1.54, 1.807) is 19.9 Å². The zero-order valence-corrected chi connectivity index (χ0v) is 17.9. The Morgan fingerprint density at radius 3 is 2.43 bits per heavy atom. The number of nitrogens with zero attached hydrogens (tertiary/aromatic N) is 1. The minimum Gasteiger partial charge on any atom is -0.461 e. The molecule has 0 saturated heterocycles. The molecule has 1 N–H and O–H groups in total. The lowest BCUT2D eigenvalue weighted by atomic mass is 9.80. The second kappa shape index (κ2) is 10.6. The molecule has 0 amide bonds. The van der Waals surface area contributed by atoms with Gasteiger partial charge in [-0.15, -0.1) is 0 Å². The van der Waals surface area contributed by atoms with E-state index in [2.05, 4.69) is 11.9 Å². The highest BCUT2D eigenvalue weighted by atomic mass is 32.2. The van der Waals surface area contributed by atoms with Gasteiger partial charge in [-0.25, -0.2) is 9.59 Å². The number of nitro groups is 1. The quantitative estimate of drug-likeness (QED) is 0.208. The summed E-state index contributed by atoms with van der Waals surface area (Å²) in [5, 5.41) is 14.3. The molecule has 0 aromatic heterocycles. The van der Waals surface area contributed by atoms with Crippen molar-refractivity contribution in [1.82, 2.24) is 5.32 Å². The fraction of sp³-hybridized carbons (Fsp3) is 0.333. The topological polar surface area (TPSA) is 108 Å². The number of dihydropyridines is 1. The summed E-state index contributed by atoms with van der Waals surface area (Å²) in [5.74, 6) is -1.48. The highest BCUT2D eigenvalue weighted by Gasteiger charge is 2.38. The number of carbonyl (C=O) groups is 2. The third kappa shape index (κ3) is 5.29. The summed E-state index contributed by atoms with van der Waals surface area (Å²) >= 11 is 1.53. The molecule has 0 radical (unpaired) electrons. The van der Waals surface area contributed by atoms with Crippen molar-refractivity contribution < 1.29 is 24.0 Å². The minimum atomic E-state index is -0.870. The number of allylic oxidation sites excluding steroid dienone is 2. The minimum absolute atomic E-state index is 0.00648. The number of ether oxygens (including phenoxy) is 2. The largest absolute Gasteiger partial charge is 0.461 e. The Kier molecular flexibility index (Phi) is 8.23. The Balaban J connectivity index is 2.59. The predicted octanol–water partition coefficient (Wildman–Crippen LogP) is 3.47. The molecule has 1 aliphatic rings. The normalized spacial score (nSPS) is 16.0. The number of esters is 2. The fourth-order valence-electron chi connectivity index (χ4n) is 3.19. The van der Waals surface area contributed by atoms with Crippen molar-refractivity contribution in [3.05, 3.63) is 75.1 Å². The molecule has 8 nitrogen and oxygen atoms in total. The van der Waals surface area contributed by atoms with Crippen LogP contribution in [0.2, 0.25) is 0 Å². The van der Waals surface area contributed by atoms with Crippen molar-refractivity contribution >= 4 is 29.4 Å². The van der Waals surface area contributed by atoms with Gasteiger partial charge in [0.2, 0.25) is 0 Å². The maximum absolute atomic E-state index is 12.9. The zero-order chi connectivity index (χ0) is 22.3. The summed E-state index contributed by atoms with van der Waals surface area (Å²) in [4.78, 5) is 36.5. The third-order valence-electron chi connectivity index (χ3n) is 4.47. The van der Waals surface area contributed by atoms with Crippen LogP contribution in [0.3, 0.4) is 0 Å². The van der Waals surface area contributed by atoms with E-state index in [-0.39, 0.29) is 30.0 Å². The van der Waals surface area contributed by atoms with Crippen LogP contribution in [0.5, 0.6) is 0 Å². The molecule has 1 heterocycles. The molecular formula is C21H24N2O6S. The van der Waals surface area contributed by atoms with E-state index < -0.39 is 22.8 Å². The molecule has 0 unspecified atom stereocenters. The van der Waals surface area contributed by atoms with Gasteiger partial charge in [0.25, 0.3) is 5.69 Å². The molecule has 0 fully saturated rings. The molecule has 0 aliphatic carbocycles. The molecule has 1 atom stereocenters. The van der Waals surface area contributed by atoms with Crippen LogP contribution in [0.4, 0.5) is 5.69 Å². The average molecular weight is 432 g/mol. The highest BCUT2D eigenvalue weighted by molar-refractivity contribution is 7.98. The van der Waals surface area contributed by atoms with Crippen LogP contribution in [0.1, 0.15) is 25.3 Å². The van der Waals surface area contributed by atoms with Gasteiger partial charge in [0.1, 0.15) is 13.2 Å². The number of hydrogen-bond acceptors (Lipinski definition) is 8. The van der Waals surface area contributed by atoms with Crippen LogP contribution in [0, 0.1) is 10.1 Å². The van der Waals surface area contributed by atoms with Crippen molar-refractivity contribution in [3.63, 3.8) is 0 Å². The molecule has 30 heavy (non-hydrogen) atoms. The van der Waals surface area contributed by atoms with Crippen molar-refractivity contribution in [2.45, 2.75) is 19.8 Å². The van der Waals surface area contributed by atoms with Crippen molar-refractivity contribution in [2.75, 3.05) is 25.2 Å². The lowest BCUT2D eigenvalue weighted by Gasteiger charge is -2.30. The van der Waals surface area contributed by atoms with E-state index in [0.29, 0.717) is 22.7 Å². The van der Waals surface area contributed by atoms with Gasteiger partial charge < -0.3 is 14.8 Å². The third-order valence-corrected chi connectivity index (χ3v) is 5.04. The lowest BCUT2D eigenvalue weighted by Crippen LogP contribution is -2.32. The SMILES string of the molecule is C=CCOC(=O)C1=C(C)NC(C)=C(C(=O)OCCSC)[C@H]1c1cccc([N+](=O)[O-])c1. The van der Waals surface area contributed by atoms with Gasteiger partial charge in [0.05, 0.1) is 22.0 Å². The van der Waals surface area contributed by atoms with Crippen LogP contribution in [0.15, 0.2) is 59.5 Å². The number of non-ortho nitro benzene ring substituents is 1. The fourth-order valence-corrected chi connectivity index (χ4v) is 3.44. The van der Waals surface area contributed by atoms with Gasteiger partial charge in [-0.3, -0.25) is 10.1 Å². The maximum Gasteiger partial charge on any atom is 0.337 e. The van der Waals surface area contributed by atoms with Gasteiger partial charge in [-0.1, -0.05) is 24.8 Å². The van der Waals surface area contributed by atoms with E-state index in [4.69, 9.17) is 9.47 Å². The van der Waals surface area contributed by atoms with E-state index in [1.165, 1.54) is 36.0 Å². The summed E-state index contributed by atoms with van der Waals surface area (Å²) < 4.78 is 10.6. The number of benzene rings is 1. The Morgan fingerprint density at radius 1 is 1.23 bits per heavy atom. The van der Waals surface area contributed by atoms with Crippen molar-refractivity contribution in [3.8, 4) is 0 Å². The first kappa shape index (κ1) is 23.2. The molecule has 160 valence electrons. The van der Waals surface area contributed by atoms with E-state index >= 15 is 0 Å². The number of carbonyl (C=O) groups excluding carboxylic acids is 2. The van der Waals surface area contributed by atoms with Crippen LogP contribution in [-0.4, -0.2) is 42.1 Å². The molecular weight excluding hydrogens is 408 g/mol. The first-order valence-corrected chi connectivity index (χ1v) is 10.6. The van der Waals surface area contributed by atoms with Crippen LogP contribution < -0.4 is 5.32 Å². The lowest BCUT2D eigenvalue weighted by molar-refractivity contribution is -0.384. The molecule has 0 bridgehead atoms. The first-order valence-electron chi connectivity index (χ1n) is 9.18. The van der Waals surface area contributed by atoms with Gasteiger partial charge in [0, 0.05) is 29.3 Å². The van der Waals surface area contributed by atoms with Gasteiger partial charge >= 0.3 is 11.9 Å². The van der Waals surface area contributed by atoms with Gasteiger partial charge in [0.15, 0.2) is 0 Å². The van der Waals surface area contributed by atoms with Gasteiger partial charge in [-0.2, -0.15) is 11.8 Å². The molecule has 9 heteroatoms. The smallest absolute Gasteiger partial charge is 0.337 e. The van der Waals surface area contributed by atoms with E-state index in [0.717, 1.165) is 0 Å². The molecule has 1 aromatic carbocycles. The van der Waals surface area contributed by atoms with Crippen LogP contribution in [-0.2, 0) is 19.1 Å². The summed E-state index contributed by atoms with van der Waals surface area (Å²) in [6.45, 7) is 7.12. The first-order chi connectivity index (χ1) is 14.3. The van der Waals surface area contributed by atoms with Crippen LogP contribution in [0.25, 0.3) is 0 Å². The number of rotatable bonds is 9. The number of thioether (sulfide) groups is 1. The Labute approximate surface area is 179 Å². The van der Waals surface area contributed by atoms with Crippen molar-refractivity contribution in [2.24, 2.45) is 0 Å². The summed E-state index contributed by atoms with van der Waals surface area (Å²) in [7, 11) is 0.